The Morgan fingerprint density at radius 3 is 2.62 bits per heavy atom. The Kier molecular flexibility index (Phi) is 6.49. The van der Waals surface area contributed by atoms with Crippen LogP contribution in [0, 0.1) is 12.3 Å². The number of hydrogen-bond acceptors (Lipinski definition) is 3. The van der Waals surface area contributed by atoms with Gasteiger partial charge in [0.15, 0.2) is 0 Å². The number of rotatable bonds is 5. The van der Waals surface area contributed by atoms with Crippen molar-refractivity contribution in [2.75, 3.05) is 33.3 Å². The summed E-state index contributed by atoms with van der Waals surface area (Å²) in [4.78, 5) is 14.2. The van der Waals surface area contributed by atoms with E-state index in [9.17, 15) is 4.79 Å². The molecule has 0 aromatic heterocycles. The minimum atomic E-state index is -0.251. The Morgan fingerprint density at radius 1 is 1.38 bits per heavy atom. The maximum absolute atomic E-state index is 12.4. The average molecular weight is 313 g/mol. The smallest absolute Gasteiger partial charge is 0.229 e. The molecule has 0 radical (unpaired) electrons. The zero-order chi connectivity index (χ0) is 14.6. The topological polar surface area (TPSA) is 41.6 Å². The standard InChI is InChI=1S/C16H24N2O2.ClH/c1-13-4-6-14(7-5-13)20-11-10-18(3)15(19)16(2)8-9-17-12-16;/h4-7,17H,8-12H2,1-3H3;1H. The van der Waals surface area contributed by atoms with Gasteiger partial charge in [0.2, 0.25) is 5.91 Å². The summed E-state index contributed by atoms with van der Waals surface area (Å²) in [6, 6.07) is 7.96. The van der Waals surface area contributed by atoms with Crippen molar-refractivity contribution >= 4 is 18.3 Å². The zero-order valence-electron chi connectivity index (χ0n) is 13.0. The molecule has 1 saturated heterocycles. The Bertz CT molecular complexity index is 456. The number of halogens is 1. The van der Waals surface area contributed by atoms with Crippen LogP contribution in [-0.4, -0.2) is 44.1 Å². The van der Waals surface area contributed by atoms with Crippen molar-refractivity contribution < 1.29 is 9.53 Å². The Morgan fingerprint density at radius 2 is 2.05 bits per heavy atom. The van der Waals surface area contributed by atoms with Crippen molar-refractivity contribution in [1.29, 1.82) is 0 Å². The van der Waals surface area contributed by atoms with Crippen molar-refractivity contribution in [1.82, 2.24) is 10.2 Å². The number of nitrogens with zero attached hydrogens (tertiary/aromatic N) is 1. The van der Waals surface area contributed by atoms with Crippen LogP contribution in [0.1, 0.15) is 18.9 Å². The number of benzene rings is 1. The van der Waals surface area contributed by atoms with E-state index in [2.05, 4.69) is 5.32 Å². The molecule has 0 aliphatic carbocycles. The molecule has 1 aromatic carbocycles. The van der Waals surface area contributed by atoms with E-state index in [1.54, 1.807) is 4.90 Å². The van der Waals surface area contributed by atoms with Gasteiger partial charge in [-0.25, -0.2) is 0 Å². The van der Waals surface area contributed by atoms with Crippen molar-refractivity contribution in [3.63, 3.8) is 0 Å². The maximum atomic E-state index is 12.4. The van der Waals surface area contributed by atoms with Gasteiger partial charge in [0.25, 0.3) is 0 Å². The van der Waals surface area contributed by atoms with E-state index in [0.29, 0.717) is 13.2 Å². The van der Waals surface area contributed by atoms with Crippen molar-refractivity contribution in [3.05, 3.63) is 29.8 Å². The van der Waals surface area contributed by atoms with Crippen molar-refractivity contribution in [3.8, 4) is 5.75 Å². The van der Waals surface area contributed by atoms with Gasteiger partial charge in [0.05, 0.1) is 12.0 Å². The molecule has 1 atom stereocenters. The molecule has 4 nitrogen and oxygen atoms in total. The summed E-state index contributed by atoms with van der Waals surface area (Å²) in [7, 11) is 1.85. The predicted octanol–water partition coefficient (Wildman–Crippen LogP) is 2.25. The van der Waals surface area contributed by atoms with Gasteiger partial charge in [-0.3, -0.25) is 4.79 Å². The van der Waals surface area contributed by atoms with Crippen LogP contribution in [0.5, 0.6) is 5.75 Å². The summed E-state index contributed by atoms with van der Waals surface area (Å²) in [6.45, 7) is 6.92. The van der Waals surface area contributed by atoms with E-state index in [4.69, 9.17) is 4.74 Å². The fraction of sp³-hybridized carbons (Fsp3) is 0.562. The van der Waals surface area contributed by atoms with Crippen LogP contribution in [0.25, 0.3) is 0 Å². The van der Waals surface area contributed by atoms with Gasteiger partial charge in [-0.2, -0.15) is 0 Å². The minimum Gasteiger partial charge on any atom is -0.492 e. The van der Waals surface area contributed by atoms with Crippen molar-refractivity contribution in [2.45, 2.75) is 20.3 Å². The monoisotopic (exact) mass is 312 g/mol. The number of likely N-dealkylation sites (N-methyl/N-ethyl adjacent to an activating group) is 1. The van der Waals surface area contributed by atoms with E-state index < -0.39 is 0 Å². The summed E-state index contributed by atoms with van der Waals surface area (Å²) >= 11 is 0. The molecule has 1 fully saturated rings. The van der Waals surface area contributed by atoms with Gasteiger partial charge >= 0.3 is 0 Å². The molecule has 118 valence electrons. The molecular formula is C16H25ClN2O2. The lowest BCUT2D eigenvalue weighted by atomic mass is 9.88. The van der Waals surface area contributed by atoms with Crippen molar-refractivity contribution in [2.24, 2.45) is 5.41 Å². The molecule has 0 saturated carbocycles. The number of hydrogen-bond donors (Lipinski definition) is 1. The molecule has 5 heteroatoms. The van der Waals surface area contributed by atoms with Gasteiger partial charge < -0.3 is 15.0 Å². The maximum Gasteiger partial charge on any atom is 0.229 e. The molecule has 21 heavy (non-hydrogen) atoms. The van der Waals surface area contributed by atoms with E-state index >= 15 is 0 Å². The van der Waals surface area contributed by atoms with Crippen LogP contribution < -0.4 is 10.1 Å². The van der Waals surface area contributed by atoms with E-state index in [0.717, 1.165) is 25.3 Å². The fourth-order valence-corrected chi connectivity index (χ4v) is 2.50. The second kappa shape index (κ2) is 7.66. The molecule has 1 amide bonds. The van der Waals surface area contributed by atoms with Crippen LogP contribution in [0.2, 0.25) is 0 Å². The summed E-state index contributed by atoms with van der Waals surface area (Å²) in [5, 5.41) is 3.26. The first-order valence-corrected chi connectivity index (χ1v) is 7.17. The lowest BCUT2D eigenvalue weighted by Crippen LogP contribution is -2.43. The van der Waals surface area contributed by atoms with Gasteiger partial charge in [-0.05, 0) is 38.9 Å². The lowest BCUT2D eigenvalue weighted by molar-refractivity contribution is -0.139. The summed E-state index contributed by atoms with van der Waals surface area (Å²) in [5.41, 5.74) is 0.963. The Hall–Kier alpha value is -1.26. The molecule has 1 aliphatic heterocycles. The number of nitrogens with one attached hydrogen (secondary N) is 1. The number of carbonyl (C=O) groups excluding carboxylic acids is 1. The van der Waals surface area contributed by atoms with E-state index in [-0.39, 0.29) is 23.7 Å². The van der Waals surface area contributed by atoms with Crippen LogP contribution in [0.15, 0.2) is 24.3 Å². The quantitative estimate of drug-likeness (QED) is 0.907. The highest BCUT2D eigenvalue weighted by molar-refractivity contribution is 5.85. The molecule has 2 rings (SSSR count). The molecule has 0 spiro atoms. The molecule has 1 aliphatic rings. The fourth-order valence-electron chi connectivity index (χ4n) is 2.50. The third-order valence-electron chi connectivity index (χ3n) is 3.95. The third-order valence-corrected chi connectivity index (χ3v) is 3.95. The third kappa shape index (κ3) is 4.61. The van der Waals surface area contributed by atoms with Gasteiger partial charge in [-0.15, -0.1) is 12.4 Å². The minimum absolute atomic E-state index is 0. The molecular weight excluding hydrogens is 288 g/mol. The average Bonchev–Trinajstić information content (AvgIpc) is 2.88. The number of amides is 1. The molecule has 1 unspecified atom stereocenters. The predicted molar refractivity (Wildman–Crippen MR) is 87.2 cm³/mol. The van der Waals surface area contributed by atoms with Gasteiger partial charge in [0, 0.05) is 13.6 Å². The van der Waals surface area contributed by atoms with Crippen LogP contribution in [0.4, 0.5) is 0 Å². The first-order chi connectivity index (χ1) is 9.51. The van der Waals surface area contributed by atoms with Crippen LogP contribution in [0.3, 0.4) is 0 Å². The molecule has 1 heterocycles. The second-order valence-electron chi connectivity index (χ2n) is 5.88. The summed E-state index contributed by atoms with van der Waals surface area (Å²) < 4.78 is 5.67. The van der Waals surface area contributed by atoms with Crippen LogP contribution >= 0.6 is 12.4 Å². The highest BCUT2D eigenvalue weighted by Crippen LogP contribution is 2.26. The number of carbonyl (C=O) groups is 1. The highest BCUT2D eigenvalue weighted by atomic mass is 35.5. The Balaban J connectivity index is 0.00000220. The summed E-state index contributed by atoms with van der Waals surface area (Å²) in [6.07, 6.45) is 0.912. The van der Waals surface area contributed by atoms with Crippen LogP contribution in [-0.2, 0) is 4.79 Å². The van der Waals surface area contributed by atoms with E-state index in [1.807, 2.05) is 45.2 Å². The molecule has 1 N–H and O–H groups in total. The molecule has 0 bridgehead atoms. The largest absolute Gasteiger partial charge is 0.492 e. The summed E-state index contributed by atoms with van der Waals surface area (Å²) in [5.74, 6) is 1.06. The first kappa shape index (κ1) is 17.8. The van der Waals surface area contributed by atoms with Gasteiger partial charge in [-0.1, -0.05) is 17.7 Å². The SMILES string of the molecule is Cc1ccc(OCCN(C)C(=O)C2(C)CCNC2)cc1.Cl. The normalized spacial score (nSPS) is 20.7. The second-order valence-corrected chi connectivity index (χ2v) is 5.88. The van der Waals surface area contributed by atoms with Gasteiger partial charge in [0.1, 0.15) is 12.4 Å². The first-order valence-electron chi connectivity index (χ1n) is 7.17. The lowest BCUT2D eigenvalue weighted by Gasteiger charge is -2.28. The Labute approximate surface area is 133 Å². The highest BCUT2D eigenvalue weighted by Gasteiger charge is 2.37. The molecule has 1 aromatic rings. The van der Waals surface area contributed by atoms with E-state index in [1.165, 1.54) is 5.56 Å². The number of aryl methyl sites for hydroxylation is 1. The zero-order valence-corrected chi connectivity index (χ0v) is 13.8. The number of ether oxygens (including phenoxy) is 1.